The summed E-state index contributed by atoms with van der Waals surface area (Å²) in [4.78, 5) is 25.0. The number of anilines is 3. The third kappa shape index (κ3) is 4.32. The lowest BCUT2D eigenvalue weighted by atomic mass is 10.1. The van der Waals surface area contributed by atoms with Crippen LogP contribution in [0.4, 0.5) is 17.3 Å². The predicted octanol–water partition coefficient (Wildman–Crippen LogP) is 6.24. The molecule has 0 atom stereocenters. The first-order valence-corrected chi connectivity index (χ1v) is 10.7. The zero-order valence-electron chi connectivity index (χ0n) is 18.4. The van der Waals surface area contributed by atoms with Gasteiger partial charge in [0, 0.05) is 45.8 Å². The van der Waals surface area contributed by atoms with Gasteiger partial charge < -0.3 is 15.6 Å². The van der Waals surface area contributed by atoms with E-state index in [1.165, 1.54) is 0 Å². The van der Waals surface area contributed by atoms with Crippen molar-refractivity contribution in [2.75, 3.05) is 10.6 Å². The number of benzene rings is 3. The number of nitrogens with one attached hydrogen (secondary N) is 3. The quantitative estimate of drug-likeness (QED) is 0.306. The van der Waals surface area contributed by atoms with Gasteiger partial charge in [0.25, 0.3) is 5.91 Å². The lowest BCUT2D eigenvalue weighted by Crippen LogP contribution is -2.12. The van der Waals surface area contributed by atoms with Gasteiger partial charge in [0.05, 0.1) is 5.69 Å². The van der Waals surface area contributed by atoms with E-state index in [1.54, 1.807) is 6.20 Å². The van der Waals surface area contributed by atoms with Crippen LogP contribution in [0.25, 0.3) is 22.2 Å². The molecule has 0 aliphatic heterocycles. The second-order valence-corrected chi connectivity index (χ2v) is 7.99. The molecule has 162 valence electrons. The zero-order valence-corrected chi connectivity index (χ0v) is 18.4. The summed E-state index contributed by atoms with van der Waals surface area (Å²) in [5.41, 5.74) is 7.18. The molecule has 2 heterocycles. The molecule has 0 spiro atoms. The van der Waals surface area contributed by atoms with E-state index in [0.717, 1.165) is 39.0 Å². The molecule has 6 nitrogen and oxygen atoms in total. The molecule has 5 aromatic rings. The van der Waals surface area contributed by atoms with Crippen molar-refractivity contribution in [2.45, 2.75) is 13.8 Å². The fourth-order valence-corrected chi connectivity index (χ4v) is 3.72. The van der Waals surface area contributed by atoms with Gasteiger partial charge in [0.15, 0.2) is 0 Å². The van der Waals surface area contributed by atoms with Gasteiger partial charge in [-0.2, -0.15) is 0 Å². The maximum Gasteiger partial charge on any atom is 0.255 e. The third-order valence-corrected chi connectivity index (χ3v) is 5.58. The van der Waals surface area contributed by atoms with Crippen LogP contribution in [0.5, 0.6) is 0 Å². The summed E-state index contributed by atoms with van der Waals surface area (Å²) in [7, 11) is 0. The highest BCUT2D eigenvalue weighted by Gasteiger charge is 2.11. The highest BCUT2D eigenvalue weighted by Crippen LogP contribution is 2.28. The lowest BCUT2D eigenvalue weighted by Gasteiger charge is -2.12. The van der Waals surface area contributed by atoms with Crippen molar-refractivity contribution in [2.24, 2.45) is 0 Å². The summed E-state index contributed by atoms with van der Waals surface area (Å²) in [5.74, 6) is 0.338. The van der Waals surface area contributed by atoms with Gasteiger partial charge in [-0.1, -0.05) is 42.0 Å². The van der Waals surface area contributed by atoms with Crippen LogP contribution in [-0.4, -0.2) is 20.9 Å². The highest BCUT2D eigenvalue weighted by molar-refractivity contribution is 6.04. The van der Waals surface area contributed by atoms with Crippen molar-refractivity contribution < 1.29 is 4.79 Å². The molecule has 0 bridgehead atoms. The van der Waals surface area contributed by atoms with Crippen molar-refractivity contribution in [1.29, 1.82) is 0 Å². The van der Waals surface area contributed by atoms with Crippen molar-refractivity contribution in [3.8, 4) is 11.3 Å². The van der Waals surface area contributed by atoms with E-state index in [9.17, 15) is 4.79 Å². The Kier molecular flexibility index (Phi) is 5.32. The van der Waals surface area contributed by atoms with E-state index in [1.807, 2.05) is 86.8 Å². The topological polar surface area (TPSA) is 82.7 Å². The number of hydrogen-bond donors (Lipinski definition) is 3. The van der Waals surface area contributed by atoms with Gasteiger partial charge in [-0.3, -0.25) is 4.79 Å². The van der Waals surface area contributed by atoms with E-state index in [0.29, 0.717) is 17.2 Å². The summed E-state index contributed by atoms with van der Waals surface area (Å²) < 4.78 is 0. The molecule has 5 rings (SSSR count). The Hall–Kier alpha value is -4.45. The molecule has 6 heteroatoms. The van der Waals surface area contributed by atoms with Crippen molar-refractivity contribution >= 4 is 34.1 Å². The normalized spacial score (nSPS) is 10.8. The Morgan fingerprint density at radius 2 is 1.76 bits per heavy atom. The average Bonchev–Trinajstić information content (AvgIpc) is 3.26. The smallest absolute Gasteiger partial charge is 0.255 e. The SMILES string of the molecule is Cc1ccc(C(=O)Nc2ccc(C)c(Nc3nccc(-c4c[nH]c5ccccc45)n3)c2)cc1. The van der Waals surface area contributed by atoms with Crippen LogP contribution in [0.15, 0.2) is 85.2 Å². The molecular formula is C27H23N5O. The summed E-state index contributed by atoms with van der Waals surface area (Å²) in [6, 6.07) is 23.2. The van der Waals surface area contributed by atoms with Gasteiger partial charge >= 0.3 is 0 Å². The number of H-pyrrole nitrogens is 1. The Morgan fingerprint density at radius 3 is 2.61 bits per heavy atom. The molecule has 0 aliphatic rings. The molecule has 0 saturated carbocycles. The average molecular weight is 434 g/mol. The first-order valence-electron chi connectivity index (χ1n) is 10.7. The largest absolute Gasteiger partial charge is 0.360 e. The molecular weight excluding hydrogens is 410 g/mol. The van der Waals surface area contributed by atoms with E-state index in [-0.39, 0.29) is 5.91 Å². The number of carbonyl (C=O) groups excluding carboxylic acids is 1. The molecule has 0 saturated heterocycles. The number of aromatic nitrogens is 3. The van der Waals surface area contributed by atoms with Crippen LogP contribution in [0.1, 0.15) is 21.5 Å². The minimum Gasteiger partial charge on any atom is -0.360 e. The van der Waals surface area contributed by atoms with Crippen LogP contribution < -0.4 is 10.6 Å². The zero-order chi connectivity index (χ0) is 22.8. The van der Waals surface area contributed by atoms with E-state index < -0.39 is 0 Å². The van der Waals surface area contributed by atoms with E-state index in [4.69, 9.17) is 4.98 Å². The maximum absolute atomic E-state index is 12.6. The first-order chi connectivity index (χ1) is 16.1. The van der Waals surface area contributed by atoms with Crippen molar-refractivity contribution in [3.05, 3.63) is 102 Å². The molecule has 2 aromatic heterocycles. The van der Waals surface area contributed by atoms with Gasteiger partial charge in [-0.25, -0.2) is 9.97 Å². The number of para-hydroxylation sites is 1. The van der Waals surface area contributed by atoms with E-state index in [2.05, 4.69) is 26.7 Å². The fourth-order valence-electron chi connectivity index (χ4n) is 3.72. The Balaban J connectivity index is 1.39. The molecule has 3 aromatic carbocycles. The van der Waals surface area contributed by atoms with Crippen molar-refractivity contribution in [1.82, 2.24) is 15.0 Å². The number of nitrogens with zero attached hydrogens (tertiary/aromatic N) is 2. The fraction of sp³-hybridized carbons (Fsp3) is 0.0741. The van der Waals surface area contributed by atoms with Crippen LogP contribution in [0.2, 0.25) is 0 Å². The van der Waals surface area contributed by atoms with Gasteiger partial charge in [0.1, 0.15) is 0 Å². The third-order valence-electron chi connectivity index (χ3n) is 5.58. The second-order valence-electron chi connectivity index (χ2n) is 7.99. The second kappa shape index (κ2) is 8.59. The van der Waals surface area contributed by atoms with Crippen LogP contribution >= 0.6 is 0 Å². The molecule has 0 radical (unpaired) electrons. The Bertz CT molecular complexity index is 1450. The molecule has 0 aliphatic carbocycles. The number of amides is 1. The number of rotatable bonds is 5. The molecule has 1 amide bonds. The highest BCUT2D eigenvalue weighted by atomic mass is 16.1. The van der Waals surface area contributed by atoms with Crippen LogP contribution in [-0.2, 0) is 0 Å². The van der Waals surface area contributed by atoms with Crippen LogP contribution in [0, 0.1) is 13.8 Å². The molecule has 0 unspecified atom stereocenters. The minimum absolute atomic E-state index is 0.151. The summed E-state index contributed by atoms with van der Waals surface area (Å²) >= 11 is 0. The Labute approximate surface area is 191 Å². The summed E-state index contributed by atoms with van der Waals surface area (Å²) in [6.45, 7) is 3.99. The molecule has 33 heavy (non-hydrogen) atoms. The van der Waals surface area contributed by atoms with E-state index >= 15 is 0 Å². The molecule has 0 fully saturated rings. The number of aromatic amines is 1. The Morgan fingerprint density at radius 1 is 0.939 bits per heavy atom. The van der Waals surface area contributed by atoms with Gasteiger partial charge in [-0.15, -0.1) is 0 Å². The monoisotopic (exact) mass is 433 g/mol. The number of hydrogen-bond acceptors (Lipinski definition) is 4. The number of carbonyl (C=O) groups is 1. The molecule has 3 N–H and O–H groups in total. The van der Waals surface area contributed by atoms with Gasteiger partial charge in [0.2, 0.25) is 5.95 Å². The standard InChI is InChI=1S/C27H23N5O/c1-17-7-10-19(11-8-17)26(33)30-20-12-9-18(2)25(15-20)32-27-28-14-13-24(31-27)22-16-29-23-6-4-3-5-21(22)23/h3-16,29H,1-2H3,(H,30,33)(H,28,31,32). The van der Waals surface area contributed by atoms with Gasteiger partial charge in [-0.05, 0) is 55.8 Å². The minimum atomic E-state index is -0.151. The first kappa shape index (κ1) is 20.5. The number of aryl methyl sites for hydroxylation is 2. The van der Waals surface area contributed by atoms with Crippen LogP contribution in [0.3, 0.4) is 0 Å². The van der Waals surface area contributed by atoms with Crippen molar-refractivity contribution in [3.63, 3.8) is 0 Å². The predicted molar refractivity (Wildman–Crippen MR) is 133 cm³/mol. The maximum atomic E-state index is 12.6. The lowest BCUT2D eigenvalue weighted by molar-refractivity contribution is 0.102. The summed E-state index contributed by atoms with van der Waals surface area (Å²) in [6.07, 6.45) is 3.70. The summed E-state index contributed by atoms with van der Waals surface area (Å²) in [5, 5.41) is 7.37. The number of fused-ring (bicyclic) bond motifs is 1.